The van der Waals surface area contributed by atoms with Crippen molar-refractivity contribution in [2.24, 2.45) is 5.73 Å². The van der Waals surface area contributed by atoms with E-state index in [9.17, 15) is 0 Å². The van der Waals surface area contributed by atoms with Gasteiger partial charge in [0.2, 0.25) is 0 Å². The van der Waals surface area contributed by atoms with E-state index < -0.39 is 0 Å². The molecule has 1 atom stereocenters. The highest BCUT2D eigenvalue weighted by molar-refractivity contribution is 7.11. The molecule has 1 aromatic heterocycles. The predicted molar refractivity (Wildman–Crippen MR) is 75.5 cm³/mol. The fourth-order valence-electron chi connectivity index (χ4n) is 1.60. The van der Waals surface area contributed by atoms with Crippen LogP contribution in [0.1, 0.15) is 30.5 Å². The first-order valence-corrected chi connectivity index (χ1v) is 6.35. The first-order valence-electron chi connectivity index (χ1n) is 5.54. The molecular formula is C12H23ClN2S. The molecule has 0 aliphatic rings. The van der Waals surface area contributed by atoms with Crippen LogP contribution in [0.3, 0.4) is 0 Å². The van der Waals surface area contributed by atoms with Crippen LogP contribution in [0, 0.1) is 6.92 Å². The summed E-state index contributed by atoms with van der Waals surface area (Å²) in [6.07, 6.45) is 0. The quantitative estimate of drug-likeness (QED) is 0.884. The van der Waals surface area contributed by atoms with Crippen molar-refractivity contribution >= 4 is 23.7 Å². The monoisotopic (exact) mass is 262 g/mol. The molecule has 94 valence electrons. The Morgan fingerprint density at radius 3 is 2.31 bits per heavy atom. The SMILES string of the molecule is Cc1ccc(CN(CC(C)N)C(C)C)s1.Cl. The fraction of sp³-hybridized carbons (Fsp3) is 0.667. The second kappa shape index (κ2) is 7.28. The van der Waals surface area contributed by atoms with Crippen LogP contribution in [0.2, 0.25) is 0 Å². The summed E-state index contributed by atoms with van der Waals surface area (Å²) in [6.45, 7) is 10.7. The second-order valence-electron chi connectivity index (χ2n) is 4.51. The first-order chi connectivity index (χ1) is 6.99. The van der Waals surface area contributed by atoms with E-state index in [1.54, 1.807) is 0 Å². The molecule has 4 heteroatoms. The molecule has 0 bridgehead atoms. The van der Waals surface area contributed by atoms with Crippen LogP contribution in [-0.4, -0.2) is 23.5 Å². The minimum atomic E-state index is 0. The number of aryl methyl sites for hydroxylation is 1. The zero-order valence-electron chi connectivity index (χ0n) is 10.6. The van der Waals surface area contributed by atoms with Gasteiger partial charge in [0.1, 0.15) is 0 Å². The molecule has 0 aliphatic heterocycles. The molecular weight excluding hydrogens is 240 g/mol. The van der Waals surface area contributed by atoms with Gasteiger partial charge in [-0.05, 0) is 39.8 Å². The summed E-state index contributed by atoms with van der Waals surface area (Å²) in [5.74, 6) is 0. The highest BCUT2D eigenvalue weighted by Crippen LogP contribution is 2.18. The maximum Gasteiger partial charge on any atom is 0.0331 e. The van der Waals surface area contributed by atoms with Crippen molar-refractivity contribution in [3.63, 3.8) is 0 Å². The van der Waals surface area contributed by atoms with Crippen molar-refractivity contribution in [2.45, 2.75) is 46.3 Å². The molecule has 0 spiro atoms. The molecule has 2 N–H and O–H groups in total. The standard InChI is InChI=1S/C12H22N2S.ClH/c1-9(2)14(7-10(3)13)8-12-6-5-11(4)15-12;/h5-6,9-10H,7-8,13H2,1-4H3;1H. The van der Waals surface area contributed by atoms with E-state index in [-0.39, 0.29) is 18.4 Å². The summed E-state index contributed by atoms with van der Waals surface area (Å²) < 4.78 is 0. The maximum absolute atomic E-state index is 5.85. The summed E-state index contributed by atoms with van der Waals surface area (Å²) in [7, 11) is 0. The minimum Gasteiger partial charge on any atom is -0.327 e. The number of rotatable bonds is 5. The van der Waals surface area contributed by atoms with Gasteiger partial charge in [0.25, 0.3) is 0 Å². The number of halogens is 1. The van der Waals surface area contributed by atoms with E-state index in [0.717, 1.165) is 13.1 Å². The van der Waals surface area contributed by atoms with Gasteiger partial charge in [0, 0.05) is 34.9 Å². The van der Waals surface area contributed by atoms with Crippen LogP contribution in [0.5, 0.6) is 0 Å². The van der Waals surface area contributed by atoms with Gasteiger partial charge in [-0.1, -0.05) is 0 Å². The van der Waals surface area contributed by atoms with E-state index in [2.05, 4.69) is 44.7 Å². The first kappa shape index (κ1) is 15.9. The van der Waals surface area contributed by atoms with E-state index in [1.807, 2.05) is 11.3 Å². The Balaban J connectivity index is 0.00000225. The summed E-state index contributed by atoms with van der Waals surface area (Å²) >= 11 is 1.88. The lowest BCUT2D eigenvalue weighted by Crippen LogP contribution is -2.39. The van der Waals surface area contributed by atoms with E-state index in [0.29, 0.717) is 6.04 Å². The molecule has 1 rings (SSSR count). The highest BCUT2D eigenvalue weighted by Gasteiger charge is 2.12. The zero-order chi connectivity index (χ0) is 11.4. The van der Waals surface area contributed by atoms with Gasteiger partial charge in [0.05, 0.1) is 0 Å². The third kappa shape index (κ3) is 5.30. The van der Waals surface area contributed by atoms with Gasteiger partial charge >= 0.3 is 0 Å². The van der Waals surface area contributed by atoms with Crippen molar-refractivity contribution in [3.05, 3.63) is 21.9 Å². The van der Waals surface area contributed by atoms with Gasteiger partial charge in [-0.25, -0.2) is 0 Å². The van der Waals surface area contributed by atoms with Gasteiger partial charge < -0.3 is 5.73 Å². The summed E-state index contributed by atoms with van der Waals surface area (Å²) in [5, 5.41) is 0. The molecule has 0 aliphatic carbocycles. The Labute approximate surface area is 109 Å². The van der Waals surface area contributed by atoms with Crippen LogP contribution < -0.4 is 5.73 Å². The van der Waals surface area contributed by atoms with Gasteiger partial charge in [0.15, 0.2) is 0 Å². The molecule has 1 aromatic rings. The van der Waals surface area contributed by atoms with Crippen LogP contribution in [0.4, 0.5) is 0 Å². The minimum absolute atomic E-state index is 0. The second-order valence-corrected chi connectivity index (χ2v) is 5.89. The van der Waals surface area contributed by atoms with Crippen LogP contribution in [-0.2, 0) is 6.54 Å². The fourth-order valence-corrected chi connectivity index (χ4v) is 2.51. The topological polar surface area (TPSA) is 29.3 Å². The molecule has 2 nitrogen and oxygen atoms in total. The molecule has 0 aromatic carbocycles. The average molecular weight is 263 g/mol. The van der Waals surface area contributed by atoms with Crippen molar-refractivity contribution in [3.8, 4) is 0 Å². The largest absolute Gasteiger partial charge is 0.327 e. The van der Waals surface area contributed by atoms with Gasteiger partial charge in [-0.15, -0.1) is 23.7 Å². The summed E-state index contributed by atoms with van der Waals surface area (Å²) in [4.78, 5) is 5.24. The Bertz CT molecular complexity index is 297. The Morgan fingerprint density at radius 2 is 1.94 bits per heavy atom. The normalized spacial score (nSPS) is 12.9. The average Bonchev–Trinajstić information content (AvgIpc) is 2.49. The smallest absolute Gasteiger partial charge is 0.0331 e. The maximum atomic E-state index is 5.85. The third-order valence-electron chi connectivity index (χ3n) is 2.41. The van der Waals surface area contributed by atoms with Gasteiger partial charge in [-0.2, -0.15) is 0 Å². The van der Waals surface area contributed by atoms with Crippen molar-refractivity contribution in [2.75, 3.05) is 6.54 Å². The van der Waals surface area contributed by atoms with E-state index >= 15 is 0 Å². The lowest BCUT2D eigenvalue weighted by atomic mass is 10.2. The van der Waals surface area contributed by atoms with Gasteiger partial charge in [-0.3, -0.25) is 4.90 Å². The lowest BCUT2D eigenvalue weighted by Gasteiger charge is -2.27. The van der Waals surface area contributed by atoms with Crippen LogP contribution in [0.25, 0.3) is 0 Å². The molecule has 0 saturated heterocycles. The van der Waals surface area contributed by atoms with E-state index in [1.165, 1.54) is 9.75 Å². The third-order valence-corrected chi connectivity index (χ3v) is 3.39. The Morgan fingerprint density at radius 1 is 1.31 bits per heavy atom. The number of nitrogens with two attached hydrogens (primary N) is 1. The van der Waals surface area contributed by atoms with Crippen molar-refractivity contribution < 1.29 is 0 Å². The van der Waals surface area contributed by atoms with Crippen LogP contribution >= 0.6 is 23.7 Å². The predicted octanol–water partition coefficient (Wildman–Crippen LogP) is 3.04. The Hall–Kier alpha value is -0.0900. The van der Waals surface area contributed by atoms with E-state index in [4.69, 9.17) is 5.73 Å². The molecule has 0 saturated carbocycles. The molecule has 0 radical (unpaired) electrons. The molecule has 1 unspecified atom stereocenters. The summed E-state index contributed by atoms with van der Waals surface area (Å²) in [5.41, 5.74) is 5.85. The number of thiophene rings is 1. The van der Waals surface area contributed by atoms with Crippen molar-refractivity contribution in [1.82, 2.24) is 4.90 Å². The zero-order valence-corrected chi connectivity index (χ0v) is 12.2. The number of nitrogens with zero attached hydrogens (tertiary/aromatic N) is 1. The number of hydrogen-bond donors (Lipinski definition) is 1. The molecule has 1 heterocycles. The van der Waals surface area contributed by atoms with Crippen LogP contribution in [0.15, 0.2) is 12.1 Å². The lowest BCUT2D eigenvalue weighted by molar-refractivity contribution is 0.205. The molecule has 0 amide bonds. The van der Waals surface area contributed by atoms with Crippen molar-refractivity contribution in [1.29, 1.82) is 0 Å². The summed E-state index contributed by atoms with van der Waals surface area (Å²) in [6, 6.07) is 5.20. The number of hydrogen-bond acceptors (Lipinski definition) is 3. The highest BCUT2D eigenvalue weighted by atomic mass is 35.5. The Kier molecular flexibility index (Phi) is 7.24. The molecule has 0 fully saturated rings. The molecule has 16 heavy (non-hydrogen) atoms.